The summed E-state index contributed by atoms with van der Waals surface area (Å²) < 4.78 is 5.68. The van der Waals surface area contributed by atoms with Gasteiger partial charge in [0.15, 0.2) is 6.10 Å². The maximum atomic E-state index is 12.1. The van der Waals surface area contributed by atoms with Crippen LogP contribution in [0.25, 0.3) is 0 Å². The number of aryl methyl sites for hydroxylation is 1. The van der Waals surface area contributed by atoms with Crippen molar-refractivity contribution in [2.75, 3.05) is 25.0 Å². The van der Waals surface area contributed by atoms with Crippen molar-refractivity contribution in [2.45, 2.75) is 26.4 Å². The molecule has 0 aliphatic rings. The van der Waals surface area contributed by atoms with E-state index < -0.39 is 6.10 Å². The van der Waals surface area contributed by atoms with Crippen molar-refractivity contribution in [1.82, 2.24) is 5.32 Å². The molecule has 0 saturated carbocycles. The summed E-state index contributed by atoms with van der Waals surface area (Å²) in [5.74, 6) is 0.639. The molecule has 1 atom stereocenters. The van der Waals surface area contributed by atoms with Gasteiger partial charge in [-0.25, -0.2) is 0 Å². The van der Waals surface area contributed by atoms with Crippen LogP contribution in [0, 0.1) is 6.92 Å². The third-order valence-corrected chi connectivity index (χ3v) is 3.84. The summed E-state index contributed by atoms with van der Waals surface area (Å²) in [5.41, 5.74) is 2.30. The summed E-state index contributed by atoms with van der Waals surface area (Å²) in [7, 11) is 2.06. The van der Waals surface area contributed by atoms with E-state index in [-0.39, 0.29) is 5.91 Å². The second-order valence-corrected chi connectivity index (χ2v) is 5.98. The van der Waals surface area contributed by atoms with Crippen LogP contribution in [0.1, 0.15) is 18.9 Å². The van der Waals surface area contributed by atoms with Crippen LogP contribution in [0.15, 0.2) is 54.6 Å². The number of rotatable bonds is 8. The van der Waals surface area contributed by atoms with Gasteiger partial charge in [-0.15, -0.1) is 0 Å². The Balaban J connectivity index is 1.69. The van der Waals surface area contributed by atoms with Crippen molar-refractivity contribution in [3.8, 4) is 5.75 Å². The first-order valence-corrected chi connectivity index (χ1v) is 8.33. The van der Waals surface area contributed by atoms with Gasteiger partial charge in [0.05, 0.1) is 0 Å². The Morgan fingerprint density at radius 2 is 1.92 bits per heavy atom. The quantitative estimate of drug-likeness (QED) is 0.756. The van der Waals surface area contributed by atoms with Crippen LogP contribution in [-0.2, 0) is 4.79 Å². The van der Waals surface area contributed by atoms with Gasteiger partial charge in [-0.05, 0) is 50.1 Å². The van der Waals surface area contributed by atoms with E-state index >= 15 is 0 Å². The monoisotopic (exact) mass is 326 g/mol. The van der Waals surface area contributed by atoms with Crippen LogP contribution in [-0.4, -0.2) is 32.1 Å². The fraction of sp³-hybridized carbons (Fsp3) is 0.350. The van der Waals surface area contributed by atoms with Crippen molar-refractivity contribution in [1.29, 1.82) is 0 Å². The van der Waals surface area contributed by atoms with Crippen LogP contribution in [0.5, 0.6) is 5.75 Å². The molecule has 1 amide bonds. The number of anilines is 1. The molecule has 1 N–H and O–H groups in total. The number of amides is 1. The Bertz CT molecular complexity index is 643. The average Bonchev–Trinajstić information content (AvgIpc) is 2.59. The number of carbonyl (C=O) groups is 1. The molecule has 128 valence electrons. The molecule has 0 spiro atoms. The van der Waals surface area contributed by atoms with E-state index in [1.807, 2.05) is 49.4 Å². The molecule has 0 bridgehead atoms. The summed E-state index contributed by atoms with van der Waals surface area (Å²) in [4.78, 5) is 14.3. The first-order valence-electron chi connectivity index (χ1n) is 8.33. The van der Waals surface area contributed by atoms with Crippen molar-refractivity contribution >= 4 is 11.6 Å². The minimum atomic E-state index is -0.501. The SMILES string of the molecule is Cc1cccc(O[C@@H](C)C(=O)NCCCN(C)c2ccccc2)c1. The maximum Gasteiger partial charge on any atom is 0.260 e. The fourth-order valence-corrected chi connectivity index (χ4v) is 2.43. The van der Waals surface area contributed by atoms with Gasteiger partial charge in [-0.2, -0.15) is 0 Å². The topological polar surface area (TPSA) is 41.6 Å². The van der Waals surface area contributed by atoms with Gasteiger partial charge in [-0.1, -0.05) is 30.3 Å². The molecule has 0 saturated heterocycles. The van der Waals surface area contributed by atoms with Crippen LogP contribution in [0.3, 0.4) is 0 Å². The Hall–Kier alpha value is -2.49. The standard InChI is InChI=1S/C20H26N2O2/c1-16-9-7-12-19(15-16)24-17(2)20(23)21-13-8-14-22(3)18-10-5-4-6-11-18/h4-7,9-12,15,17H,8,13-14H2,1-3H3,(H,21,23)/t17-/m0/s1. The summed E-state index contributed by atoms with van der Waals surface area (Å²) >= 11 is 0. The lowest BCUT2D eigenvalue weighted by molar-refractivity contribution is -0.127. The fourth-order valence-electron chi connectivity index (χ4n) is 2.43. The highest BCUT2D eigenvalue weighted by molar-refractivity contribution is 5.80. The van der Waals surface area contributed by atoms with E-state index in [0.717, 1.165) is 24.3 Å². The number of benzene rings is 2. The zero-order chi connectivity index (χ0) is 17.4. The van der Waals surface area contributed by atoms with Crippen molar-refractivity contribution in [3.63, 3.8) is 0 Å². The smallest absolute Gasteiger partial charge is 0.260 e. The van der Waals surface area contributed by atoms with Gasteiger partial charge in [0.2, 0.25) is 0 Å². The van der Waals surface area contributed by atoms with Crippen LogP contribution in [0.4, 0.5) is 5.69 Å². The summed E-state index contributed by atoms with van der Waals surface area (Å²) in [6.07, 6.45) is 0.382. The average molecular weight is 326 g/mol. The lowest BCUT2D eigenvalue weighted by atomic mass is 10.2. The third kappa shape index (κ3) is 5.61. The number of nitrogens with zero attached hydrogens (tertiary/aromatic N) is 1. The van der Waals surface area contributed by atoms with Gasteiger partial charge in [0.25, 0.3) is 5.91 Å². The molecule has 0 aliphatic carbocycles. The number of carbonyl (C=O) groups excluding carboxylic acids is 1. The largest absolute Gasteiger partial charge is 0.481 e. The van der Waals surface area contributed by atoms with E-state index in [9.17, 15) is 4.79 Å². The van der Waals surface area contributed by atoms with Crippen LogP contribution in [0.2, 0.25) is 0 Å². The maximum absolute atomic E-state index is 12.1. The lowest BCUT2D eigenvalue weighted by Crippen LogP contribution is -2.37. The van der Waals surface area contributed by atoms with E-state index in [1.54, 1.807) is 6.92 Å². The lowest BCUT2D eigenvalue weighted by Gasteiger charge is -2.20. The van der Waals surface area contributed by atoms with E-state index in [4.69, 9.17) is 4.74 Å². The van der Waals surface area contributed by atoms with Gasteiger partial charge in [0, 0.05) is 25.8 Å². The van der Waals surface area contributed by atoms with Crippen LogP contribution < -0.4 is 15.0 Å². The molecule has 2 rings (SSSR count). The molecule has 24 heavy (non-hydrogen) atoms. The zero-order valence-electron chi connectivity index (χ0n) is 14.7. The molecule has 0 aliphatic heterocycles. The molecule has 4 heteroatoms. The van der Waals surface area contributed by atoms with Crippen LogP contribution >= 0.6 is 0 Å². The molecule has 4 nitrogen and oxygen atoms in total. The summed E-state index contributed by atoms with van der Waals surface area (Å²) in [5, 5.41) is 2.93. The minimum absolute atomic E-state index is 0.0844. The minimum Gasteiger partial charge on any atom is -0.481 e. The van der Waals surface area contributed by atoms with Crippen molar-refractivity contribution in [2.24, 2.45) is 0 Å². The number of ether oxygens (including phenoxy) is 1. The number of para-hydroxylation sites is 1. The summed E-state index contributed by atoms with van der Waals surface area (Å²) in [6.45, 7) is 5.30. The third-order valence-electron chi connectivity index (χ3n) is 3.84. The highest BCUT2D eigenvalue weighted by Crippen LogP contribution is 2.14. The molecule has 0 fully saturated rings. The second kappa shape index (κ2) is 8.96. The predicted molar refractivity (Wildman–Crippen MR) is 98.6 cm³/mol. The number of hydrogen-bond donors (Lipinski definition) is 1. The molecule has 0 aromatic heterocycles. The van der Waals surface area contributed by atoms with E-state index in [1.165, 1.54) is 5.69 Å². The highest BCUT2D eigenvalue weighted by Gasteiger charge is 2.14. The molecular formula is C20H26N2O2. The number of nitrogens with one attached hydrogen (secondary N) is 1. The van der Waals surface area contributed by atoms with E-state index in [0.29, 0.717) is 6.54 Å². The first-order chi connectivity index (χ1) is 11.6. The predicted octanol–water partition coefficient (Wildman–Crippen LogP) is 3.41. The molecule has 0 heterocycles. The van der Waals surface area contributed by atoms with Gasteiger partial charge in [-0.3, -0.25) is 4.79 Å². The van der Waals surface area contributed by atoms with Gasteiger partial charge < -0.3 is 15.0 Å². The Morgan fingerprint density at radius 1 is 1.17 bits per heavy atom. The highest BCUT2D eigenvalue weighted by atomic mass is 16.5. The van der Waals surface area contributed by atoms with Gasteiger partial charge in [0.1, 0.15) is 5.75 Å². The molecule has 0 radical (unpaired) electrons. The van der Waals surface area contributed by atoms with E-state index in [2.05, 4.69) is 29.4 Å². The van der Waals surface area contributed by atoms with Crippen molar-refractivity contribution in [3.05, 3.63) is 60.2 Å². The van der Waals surface area contributed by atoms with Gasteiger partial charge >= 0.3 is 0 Å². The Morgan fingerprint density at radius 3 is 2.62 bits per heavy atom. The number of hydrogen-bond acceptors (Lipinski definition) is 3. The molecule has 0 unspecified atom stereocenters. The Labute approximate surface area is 144 Å². The second-order valence-electron chi connectivity index (χ2n) is 5.98. The molecular weight excluding hydrogens is 300 g/mol. The normalized spacial score (nSPS) is 11.6. The zero-order valence-corrected chi connectivity index (χ0v) is 14.7. The Kier molecular flexibility index (Phi) is 6.67. The first kappa shape index (κ1) is 17.9. The van der Waals surface area contributed by atoms with Crippen molar-refractivity contribution < 1.29 is 9.53 Å². The molecule has 2 aromatic rings. The summed E-state index contributed by atoms with van der Waals surface area (Å²) in [6, 6.07) is 17.9. The molecule has 2 aromatic carbocycles.